The van der Waals surface area contributed by atoms with Gasteiger partial charge < -0.3 is 5.73 Å². The molecule has 0 aliphatic heterocycles. The van der Waals surface area contributed by atoms with Crippen LogP contribution in [0.4, 0.5) is 10.1 Å². The van der Waals surface area contributed by atoms with Crippen molar-refractivity contribution in [2.75, 3.05) is 5.73 Å². The number of nitrogens with zero attached hydrogens (tertiary/aromatic N) is 2. The summed E-state index contributed by atoms with van der Waals surface area (Å²) >= 11 is 0. The van der Waals surface area contributed by atoms with Crippen molar-refractivity contribution >= 4 is 5.69 Å². The Bertz CT molecular complexity index is 531. The highest BCUT2D eigenvalue weighted by Crippen LogP contribution is 2.29. The van der Waals surface area contributed by atoms with Gasteiger partial charge in [-0.25, -0.2) is 4.39 Å². The summed E-state index contributed by atoms with van der Waals surface area (Å²) in [4.78, 5) is 0. The lowest BCUT2D eigenvalue weighted by Gasteiger charge is -2.05. The minimum absolute atomic E-state index is 0.313. The Morgan fingerprint density at radius 3 is 2.76 bits per heavy atom. The minimum Gasteiger partial charge on any atom is -0.398 e. The molecule has 0 saturated carbocycles. The SMILES string of the molecule is CCCc1nn(C)cc1-c1ccc(F)cc1N. The zero-order valence-corrected chi connectivity index (χ0v) is 10.1. The molecule has 0 aliphatic carbocycles. The highest BCUT2D eigenvalue weighted by molar-refractivity contribution is 5.77. The van der Waals surface area contributed by atoms with Crippen molar-refractivity contribution in [3.63, 3.8) is 0 Å². The molecule has 17 heavy (non-hydrogen) atoms. The zero-order valence-electron chi connectivity index (χ0n) is 10.1. The van der Waals surface area contributed by atoms with E-state index in [1.54, 1.807) is 10.7 Å². The van der Waals surface area contributed by atoms with Crippen LogP contribution in [0.25, 0.3) is 11.1 Å². The zero-order chi connectivity index (χ0) is 12.4. The van der Waals surface area contributed by atoms with Gasteiger partial charge in [0.05, 0.1) is 5.69 Å². The monoisotopic (exact) mass is 233 g/mol. The average Bonchev–Trinajstić information content (AvgIpc) is 2.60. The summed E-state index contributed by atoms with van der Waals surface area (Å²) in [5.74, 6) is -0.313. The first kappa shape index (κ1) is 11.6. The van der Waals surface area contributed by atoms with Crippen LogP contribution >= 0.6 is 0 Å². The number of nitrogens with two attached hydrogens (primary N) is 1. The van der Waals surface area contributed by atoms with Gasteiger partial charge in [-0.1, -0.05) is 13.3 Å². The summed E-state index contributed by atoms with van der Waals surface area (Å²) in [5, 5.41) is 4.41. The Morgan fingerprint density at radius 2 is 2.12 bits per heavy atom. The van der Waals surface area contributed by atoms with Crippen molar-refractivity contribution in [3.05, 3.63) is 35.9 Å². The number of hydrogen-bond acceptors (Lipinski definition) is 2. The third-order valence-electron chi connectivity index (χ3n) is 2.70. The maximum Gasteiger partial charge on any atom is 0.125 e. The van der Waals surface area contributed by atoms with E-state index in [9.17, 15) is 4.39 Å². The van der Waals surface area contributed by atoms with Crippen molar-refractivity contribution in [1.82, 2.24) is 9.78 Å². The topological polar surface area (TPSA) is 43.8 Å². The molecule has 2 aromatic rings. The van der Waals surface area contributed by atoms with Gasteiger partial charge in [0.25, 0.3) is 0 Å². The first-order chi connectivity index (χ1) is 8.11. The molecule has 90 valence electrons. The fourth-order valence-corrected chi connectivity index (χ4v) is 1.96. The van der Waals surface area contributed by atoms with Crippen LogP contribution in [0.3, 0.4) is 0 Å². The molecule has 0 fully saturated rings. The number of halogens is 1. The minimum atomic E-state index is -0.313. The molecular weight excluding hydrogens is 217 g/mol. The van der Waals surface area contributed by atoms with Crippen LogP contribution < -0.4 is 5.73 Å². The molecule has 2 N–H and O–H groups in total. The van der Waals surface area contributed by atoms with Gasteiger partial charge in [0, 0.05) is 30.1 Å². The number of rotatable bonds is 3. The van der Waals surface area contributed by atoms with E-state index in [1.807, 2.05) is 13.2 Å². The van der Waals surface area contributed by atoms with Gasteiger partial charge in [-0.05, 0) is 24.6 Å². The van der Waals surface area contributed by atoms with E-state index in [1.165, 1.54) is 12.1 Å². The highest BCUT2D eigenvalue weighted by Gasteiger charge is 2.12. The third-order valence-corrected chi connectivity index (χ3v) is 2.70. The molecule has 4 heteroatoms. The highest BCUT2D eigenvalue weighted by atomic mass is 19.1. The third kappa shape index (κ3) is 2.30. The second-order valence-corrected chi connectivity index (χ2v) is 4.14. The van der Waals surface area contributed by atoms with E-state index in [4.69, 9.17) is 5.73 Å². The standard InChI is InChI=1S/C13H16FN3/c1-3-4-13-11(8-17(2)16-13)10-6-5-9(14)7-12(10)15/h5-8H,3-4,15H2,1-2H3. The van der Waals surface area contributed by atoms with Crippen LogP contribution in [0.2, 0.25) is 0 Å². The predicted molar refractivity (Wildman–Crippen MR) is 67.0 cm³/mol. The van der Waals surface area contributed by atoms with Crippen molar-refractivity contribution < 1.29 is 4.39 Å². The molecule has 0 unspecified atom stereocenters. The van der Waals surface area contributed by atoms with E-state index in [2.05, 4.69) is 12.0 Å². The number of benzene rings is 1. The van der Waals surface area contributed by atoms with Crippen LogP contribution in [0.5, 0.6) is 0 Å². The average molecular weight is 233 g/mol. The van der Waals surface area contributed by atoms with E-state index in [0.717, 1.165) is 29.7 Å². The molecule has 3 nitrogen and oxygen atoms in total. The smallest absolute Gasteiger partial charge is 0.125 e. The summed E-state index contributed by atoms with van der Waals surface area (Å²) in [6.45, 7) is 2.10. The second-order valence-electron chi connectivity index (χ2n) is 4.14. The lowest BCUT2D eigenvalue weighted by atomic mass is 10.0. The van der Waals surface area contributed by atoms with Crippen LogP contribution in [-0.4, -0.2) is 9.78 Å². The summed E-state index contributed by atoms with van der Waals surface area (Å²) in [6, 6.07) is 4.48. The first-order valence-electron chi connectivity index (χ1n) is 5.69. The molecule has 0 amide bonds. The molecule has 0 saturated heterocycles. The Hall–Kier alpha value is -1.84. The Morgan fingerprint density at radius 1 is 1.35 bits per heavy atom. The molecule has 0 spiro atoms. The Balaban J connectivity index is 2.51. The van der Waals surface area contributed by atoms with Gasteiger partial charge in [0.1, 0.15) is 5.82 Å². The summed E-state index contributed by atoms with van der Waals surface area (Å²) < 4.78 is 14.8. The lowest BCUT2D eigenvalue weighted by molar-refractivity contribution is 0.628. The van der Waals surface area contributed by atoms with Crippen LogP contribution in [0.15, 0.2) is 24.4 Å². The molecule has 1 aromatic carbocycles. The van der Waals surface area contributed by atoms with E-state index in [-0.39, 0.29) is 5.82 Å². The van der Waals surface area contributed by atoms with Crippen molar-refractivity contribution in [2.24, 2.45) is 7.05 Å². The van der Waals surface area contributed by atoms with Gasteiger partial charge in [-0.3, -0.25) is 4.68 Å². The summed E-state index contributed by atoms with van der Waals surface area (Å²) in [6.07, 6.45) is 3.84. The number of hydrogen-bond donors (Lipinski definition) is 1. The van der Waals surface area contributed by atoms with E-state index < -0.39 is 0 Å². The predicted octanol–water partition coefficient (Wildman–Crippen LogP) is 2.76. The van der Waals surface area contributed by atoms with Crippen LogP contribution in [0.1, 0.15) is 19.0 Å². The maximum absolute atomic E-state index is 13.0. The normalized spacial score (nSPS) is 10.8. The number of aryl methyl sites for hydroxylation is 2. The number of anilines is 1. The molecule has 0 bridgehead atoms. The van der Waals surface area contributed by atoms with Crippen LogP contribution in [-0.2, 0) is 13.5 Å². The molecule has 0 radical (unpaired) electrons. The van der Waals surface area contributed by atoms with Gasteiger partial charge >= 0.3 is 0 Å². The number of nitrogen functional groups attached to an aromatic ring is 1. The quantitative estimate of drug-likeness (QED) is 0.828. The lowest BCUT2D eigenvalue weighted by Crippen LogP contribution is -1.94. The van der Waals surface area contributed by atoms with E-state index in [0.29, 0.717) is 5.69 Å². The molecule has 0 aliphatic rings. The molecule has 1 heterocycles. The second kappa shape index (κ2) is 4.57. The van der Waals surface area contributed by atoms with Gasteiger partial charge in [-0.15, -0.1) is 0 Å². The fraction of sp³-hybridized carbons (Fsp3) is 0.308. The maximum atomic E-state index is 13.0. The Kier molecular flexibility index (Phi) is 3.13. The van der Waals surface area contributed by atoms with E-state index >= 15 is 0 Å². The molecule has 0 atom stereocenters. The van der Waals surface area contributed by atoms with Gasteiger partial charge in [-0.2, -0.15) is 5.10 Å². The fourth-order valence-electron chi connectivity index (χ4n) is 1.96. The Labute approximate surface area is 100 Å². The number of aromatic nitrogens is 2. The van der Waals surface area contributed by atoms with Crippen molar-refractivity contribution in [3.8, 4) is 11.1 Å². The van der Waals surface area contributed by atoms with Crippen LogP contribution in [0, 0.1) is 5.82 Å². The first-order valence-corrected chi connectivity index (χ1v) is 5.69. The largest absolute Gasteiger partial charge is 0.398 e. The van der Waals surface area contributed by atoms with Crippen molar-refractivity contribution in [1.29, 1.82) is 0 Å². The molecular formula is C13H16FN3. The summed E-state index contributed by atoms with van der Waals surface area (Å²) in [5.41, 5.74) is 9.15. The van der Waals surface area contributed by atoms with Gasteiger partial charge in [0.2, 0.25) is 0 Å². The van der Waals surface area contributed by atoms with Gasteiger partial charge in [0.15, 0.2) is 0 Å². The summed E-state index contributed by atoms with van der Waals surface area (Å²) in [7, 11) is 1.88. The molecule has 1 aromatic heterocycles. The van der Waals surface area contributed by atoms with Crippen molar-refractivity contribution in [2.45, 2.75) is 19.8 Å². The molecule has 2 rings (SSSR count).